The number of rotatable bonds is 4. The molecule has 44 heavy (non-hydrogen) atoms. The Morgan fingerprint density at radius 2 is 1.86 bits per heavy atom. The lowest BCUT2D eigenvalue weighted by Crippen LogP contribution is -2.37. The number of benzene rings is 2. The number of nitrogens with zero attached hydrogens (tertiary/aromatic N) is 7. The van der Waals surface area contributed by atoms with E-state index in [1.807, 2.05) is 0 Å². The fourth-order valence-corrected chi connectivity index (χ4v) is 8.71. The van der Waals surface area contributed by atoms with Crippen molar-refractivity contribution in [3.63, 3.8) is 0 Å². The zero-order valence-corrected chi connectivity index (χ0v) is 24.8. The normalized spacial score (nSPS) is 21.3. The van der Waals surface area contributed by atoms with Crippen molar-refractivity contribution in [3.05, 3.63) is 78.9 Å². The van der Waals surface area contributed by atoms with Crippen LogP contribution in [0.4, 0.5) is 5.69 Å². The molecule has 0 bridgehead atoms. The van der Waals surface area contributed by atoms with Crippen LogP contribution in [0.2, 0.25) is 0 Å². The molecule has 2 N–H and O–H groups in total. The number of nitrogens with two attached hydrogens (primary N) is 1. The highest BCUT2D eigenvalue weighted by Crippen LogP contribution is 2.56. The molecule has 6 aromatic rings. The van der Waals surface area contributed by atoms with E-state index in [0.29, 0.717) is 69.2 Å². The third-order valence-corrected chi connectivity index (χ3v) is 10.8. The van der Waals surface area contributed by atoms with Crippen molar-refractivity contribution in [3.8, 4) is 22.4 Å². The maximum atomic E-state index is 14.7. The molecule has 12 heteroatoms. The monoisotopic (exact) mass is 609 g/mol. The lowest BCUT2D eigenvalue weighted by molar-refractivity contribution is -0.122. The molecule has 2 atom stereocenters. The minimum atomic E-state index is -4.27. The molecule has 1 amide bonds. The molecule has 5 heterocycles. The van der Waals surface area contributed by atoms with Gasteiger partial charge in [-0.1, -0.05) is 24.3 Å². The van der Waals surface area contributed by atoms with E-state index in [2.05, 4.69) is 10.2 Å². The Morgan fingerprint density at radius 1 is 1.05 bits per heavy atom. The number of amides is 1. The summed E-state index contributed by atoms with van der Waals surface area (Å²) in [7, 11) is -0.811. The molecule has 8 rings (SSSR count). The van der Waals surface area contributed by atoms with Crippen LogP contribution in [-0.2, 0) is 34.3 Å². The number of likely N-dealkylation sites (N-methyl/N-ethyl adjacent to an activating group) is 1. The van der Waals surface area contributed by atoms with Gasteiger partial charge in [0.05, 0.1) is 45.8 Å². The van der Waals surface area contributed by atoms with E-state index in [9.17, 15) is 13.2 Å². The smallest absolute Gasteiger partial charge is 0.269 e. The maximum Gasteiger partial charge on any atom is 0.269 e. The summed E-state index contributed by atoms with van der Waals surface area (Å²) in [4.78, 5) is 20.6. The van der Waals surface area contributed by atoms with Crippen molar-refractivity contribution in [2.75, 3.05) is 11.9 Å². The van der Waals surface area contributed by atoms with Crippen molar-refractivity contribution in [2.45, 2.75) is 35.6 Å². The topological polar surface area (TPSA) is 134 Å². The fourth-order valence-electron chi connectivity index (χ4n) is 7.20. The first-order chi connectivity index (χ1) is 22.3. The predicted molar refractivity (Wildman–Crippen MR) is 168 cm³/mol. The predicted octanol–water partition coefficient (Wildman–Crippen LogP) is 3.95. The molecule has 2 aromatic carbocycles. The maximum absolute atomic E-state index is 14.7. The van der Waals surface area contributed by atoms with Gasteiger partial charge in [-0.25, -0.2) is 17.4 Å². The lowest BCUT2D eigenvalue weighted by Gasteiger charge is -2.23. The Hall–Kier alpha value is -4.81. The minimum Gasteiger partial charge on any atom is -0.328 e. The number of hydrogen-bond donors (Lipinski definition) is 1. The van der Waals surface area contributed by atoms with E-state index in [1.54, 1.807) is 78.7 Å². The first-order valence-electron chi connectivity index (χ1n) is 15.7. The Labute approximate surface area is 257 Å². The molecule has 1 spiro atoms. The quantitative estimate of drug-likeness (QED) is 0.320. The number of carbonyl (C=O) groups excluding carboxylic acids is 1. The van der Waals surface area contributed by atoms with Crippen LogP contribution in [0.15, 0.2) is 78.2 Å². The summed E-state index contributed by atoms with van der Waals surface area (Å²) >= 11 is 0. The minimum absolute atomic E-state index is 0.0658. The molecule has 0 unspecified atom stereocenters. The molecule has 0 radical (unpaired) electrons. The molecule has 2 aliphatic rings. The number of pyridine rings is 1. The summed E-state index contributed by atoms with van der Waals surface area (Å²) in [5.41, 5.74) is 9.33. The van der Waals surface area contributed by atoms with Gasteiger partial charge in [0, 0.05) is 64.9 Å². The van der Waals surface area contributed by atoms with Gasteiger partial charge >= 0.3 is 0 Å². The van der Waals surface area contributed by atoms with Gasteiger partial charge in [0.15, 0.2) is 5.65 Å². The molecule has 1 fully saturated rings. The van der Waals surface area contributed by atoms with Crippen molar-refractivity contribution < 1.29 is 17.3 Å². The van der Waals surface area contributed by atoms with Crippen LogP contribution in [0.3, 0.4) is 0 Å². The van der Waals surface area contributed by atoms with Crippen LogP contribution in [0.25, 0.3) is 44.3 Å². The van der Waals surface area contributed by atoms with Crippen molar-refractivity contribution in [1.29, 1.82) is 0 Å². The summed E-state index contributed by atoms with van der Waals surface area (Å²) in [6.07, 6.45) is 7.93. The molecule has 4 aromatic heterocycles. The molecule has 222 valence electrons. The molecule has 1 aliphatic carbocycles. The number of hydrogen-bond acceptors (Lipinski definition) is 7. The second-order valence-electron chi connectivity index (χ2n) is 11.7. The van der Waals surface area contributed by atoms with Gasteiger partial charge in [-0.3, -0.25) is 14.2 Å². The van der Waals surface area contributed by atoms with Gasteiger partial charge in [0.1, 0.15) is 0 Å². The Kier molecular flexibility index (Phi) is 4.89. The second-order valence-corrected chi connectivity index (χ2v) is 13.5. The van der Waals surface area contributed by atoms with Crippen LogP contribution in [0.5, 0.6) is 0 Å². The van der Waals surface area contributed by atoms with E-state index >= 15 is 0 Å². The molecule has 0 saturated heterocycles. The highest BCUT2D eigenvalue weighted by molar-refractivity contribution is 7.90. The average Bonchev–Trinajstić information content (AvgIpc) is 3.85. The van der Waals surface area contributed by atoms with Gasteiger partial charge in [-0.05, 0) is 49.1 Å². The van der Waals surface area contributed by atoms with Crippen LogP contribution >= 0.6 is 0 Å². The number of aromatic nitrogens is 6. The highest BCUT2D eigenvalue weighted by Gasteiger charge is 2.55. The fraction of sp³-hybridized carbons (Fsp3) is 0.250. The van der Waals surface area contributed by atoms with Crippen molar-refractivity contribution >= 4 is 43.6 Å². The van der Waals surface area contributed by atoms with Crippen molar-refractivity contribution in [2.24, 2.45) is 19.8 Å². The van der Waals surface area contributed by atoms with Gasteiger partial charge in [0.25, 0.3) is 10.0 Å². The highest BCUT2D eigenvalue weighted by atomic mass is 32.2. The Bertz CT molecular complexity index is 2380. The van der Waals surface area contributed by atoms with E-state index in [4.69, 9.17) is 14.8 Å². The first kappa shape index (κ1) is 23.6. The van der Waals surface area contributed by atoms with E-state index in [-0.39, 0.29) is 22.5 Å². The SMILES string of the molecule is [2H]C([2H])([2H])n1ncc2cc(-c3c(-c4cnn(C)c4)n(S(=O)(=O)c4ccccc4)c4ncc5c(c34)[C@@]3(CC[C@H](N)C3)C(=O)N5C)ccc21. The summed E-state index contributed by atoms with van der Waals surface area (Å²) in [6.45, 7) is -2.49. The van der Waals surface area contributed by atoms with Gasteiger partial charge in [-0.2, -0.15) is 10.2 Å². The van der Waals surface area contributed by atoms with Crippen LogP contribution in [0, 0.1) is 0 Å². The lowest BCUT2D eigenvalue weighted by atomic mass is 9.77. The molecule has 1 aliphatic heterocycles. The van der Waals surface area contributed by atoms with Crippen LogP contribution in [-0.4, -0.2) is 55.9 Å². The first-order valence-corrected chi connectivity index (χ1v) is 15.7. The summed E-state index contributed by atoms with van der Waals surface area (Å²) in [5, 5.41) is 9.60. The van der Waals surface area contributed by atoms with Gasteiger partial charge < -0.3 is 10.6 Å². The summed E-state index contributed by atoms with van der Waals surface area (Å²) < 4.78 is 57.1. The van der Waals surface area contributed by atoms with Crippen molar-refractivity contribution in [1.82, 2.24) is 28.5 Å². The van der Waals surface area contributed by atoms with Gasteiger partial charge in [-0.15, -0.1) is 0 Å². The molecular formula is C32H30N8O3S. The number of fused-ring (bicyclic) bond motifs is 5. The molecular weight excluding hydrogens is 576 g/mol. The van der Waals surface area contributed by atoms with E-state index in [1.165, 1.54) is 22.3 Å². The summed E-state index contributed by atoms with van der Waals surface area (Å²) in [5.74, 6) is -0.100. The van der Waals surface area contributed by atoms with E-state index < -0.39 is 22.4 Å². The number of anilines is 1. The van der Waals surface area contributed by atoms with Gasteiger partial charge in [0.2, 0.25) is 5.91 Å². The third kappa shape index (κ3) is 3.49. The Morgan fingerprint density at radius 3 is 2.57 bits per heavy atom. The van der Waals surface area contributed by atoms with Crippen LogP contribution < -0.4 is 10.6 Å². The largest absolute Gasteiger partial charge is 0.328 e. The zero-order valence-electron chi connectivity index (χ0n) is 27.0. The van der Waals surface area contributed by atoms with Crippen LogP contribution in [0.1, 0.15) is 28.9 Å². The summed E-state index contributed by atoms with van der Waals surface area (Å²) in [6, 6.07) is 13.1. The third-order valence-electron chi connectivity index (χ3n) is 9.14. The number of carbonyl (C=O) groups is 1. The zero-order chi connectivity index (χ0) is 33.0. The number of aryl methyl sites for hydroxylation is 2. The standard InChI is InChI=1S/C32H30N8O3S/c1-37-18-21(16-35-37)29-26(19-9-10-24-20(13-19)15-36-39(24)3)27-28-25(38(2)31(41)32(28)12-11-22(33)14-32)17-34-30(27)40(29)44(42,43)23-7-5-4-6-8-23/h4-10,13,15-18,22H,11-12,14,33H2,1-3H3/t22-,32-/m0/s1/i3D3. The average molecular weight is 610 g/mol. The molecule has 1 saturated carbocycles. The van der Waals surface area contributed by atoms with E-state index in [0.717, 1.165) is 4.68 Å². The second kappa shape index (κ2) is 9.10. The molecule has 11 nitrogen and oxygen atoms in total. The Balaban J connectivity index is 1.57.